The van der Waals surface area contributed by atoms with Gasteiger partial charge in [-0.25, -0.2) is 0 Å². The van der Waals surface area contributed by atoms with E-state index in [1.54, 1.807) is 0 Å². The van der Waals surface area contributed by atoms with Gasteiger partial charge in [0.25, 0.3) is 0 Å². The molecule has 2 heteroatoms. The van der Waals surface area contributed by atoms with Crippen LogP contribution < -0.4 is 0 Å². The summed E-state index contributed by atoms with van der Waals surface area (Å²) >= 11 is 6.09. The molecule has 1 nitrogen and oxygen atoms in total. The van der Waals surface area contributed by atoms with E-state index >= 15 is 0 Å². The lowest BCUT2D eigenvalue weighted by atomic mass is 9.98. The minimum Gasteiger partial charge on any atom is -0.378 e. The fraction of sp³-hybridized carbons (Fsp3) is 1.00. The van der Waals surface area contributed by atoms with Crippen molar-refractivity contribution in [2.24, 2.45) is 0 Å². The molecular weight excluding hydrogens is 136 g/mol. The first kappa shape index (κ1) is 7.36. The summed E-state index contributed by atoms with van der Waals surface area (Å²) < 4.78 is 5.33. The van der Waals surface area contributed by atoms with Crippen LogP contribution in [-0.2, 0) is 4.74 Å². The highest BCUT2D eigenvalue weighted by molar-refractivity contribution is 6.23. The highest BCUT2D eigenvalue weighted by atomic mass is 35.5. The van der Waals surface area contributed by atoms with Crippen LogP contribution in [0.1, 0.15) is 26.7 Å². The van der Waals surface area contributed by atoms with Crippen LogP contribution in [0.2, 0.25) is 0 Å². The molecule has 1 aliphatic heterocycles. The highest BCUT2D eigenvalue weighted by Gasteiger charge is 2.27. The van der Waals surface area contributed by atoms with Gasteiger partial charge in [0, 0.05) is 11.5 Å². The molecule has 0 saturated carbocycles. The molecule has 1 aliphatic rings. The van der Waals surface area contributed by atoms with E-state index in [1.807, 2.05) is 0 Å². The van der Waals surface area contributed by atoms with Crippen LogP contribution >= 0.6 is 11.6 Å². The minimum atomic E-state index is -0.00231. The van der Waals surface area contributed by atoms with E-state index in [-0.39, 0.29) is 4.87 Å². The molecule has 1 fully saturated rings. The summed E-state index contributed by atoms with van der Waals surface area (Å²) in [6.07, 6.45) is 2.31. The predicted octanol–water partition coefficient (Wildman–Crippen LogP) is 2.18. The summed E-state index contributed by atoms with van der Waals surface area (Å²) in [5.41, 5.74) is 0. The van der Waals surface area contributed by atoms with E-state index in [0.717, 1.165) is 19.4 Å². The number of ether oxygens (including phenoxy) is 1. The second-order valence-electron chi connectivity index (χ2n) is 3.05. The van der Waals surface area contributed by atoms with Gasteiger partial charge in [-0.15, -0.1) is 11.6 Å². The SMILES string of the molecule is CC1CC(C)(Cl)CCO1. The molecule has 1 saturated heterocycles. The molecule has 0 radical (unpaired) electrons. The van der Waals surface area contributed by atoms with Crippen molar-refractivity contribution in [3.63, 3.8) is 0 Å². The quantitative estimate of drug-likeness (QED) is 0.479. The fourth-order valence-corrected chi connectivity index (χ4v) is 1.53. The first-order chi connectivity index (χ1) is 4.10. The molecule has 0 spiro atoms. The predicted molar refractivity (Wildman–Crippen MR) is 38.9 cm³/mol. The van der Waals surface area contributed by atoms with Crippen LogP contribution in [-0.4, -0.2) is 17.6 Å². The van der Waals surface area contributed by atoms with Crippen molar-refractivity contribution in [3.05, 3.63) is 0 Å². The Balaban J connectivity index is 2.41. The molecule has 1 rings (SSSR count). The van der Waals surface area contributed by atoms with Crippen molar-refractivity contribution in [2.75, 3.05) is 6.61 Å². The summed E-state index contributed by atoms with van der Waals surface area (Å²) in [6, 6.07) is 0. The fourth-order valence-electron chi connectivity index (χ4n) is 1.23. The Morgan fingerprint density at radius 1 is 1.67 bits per heavy atom. The molecule has 0 aromatic carbocycles. The summed E-state index contributed by atoms with van der Waals surface area (Å²) in [4.78, 5) is -0.00231. The normalized spacial score (nSPS) is 45.0. The molecule has 2 unspecified atom stereocenters. The van der Waals surface area contributed by atoms with E-state index in [0.29, 0.717) is 6.10 Å². The molecule has 0 aromatic rings. The van der Waals surface area contributed by atoms with Gasteiger partial charge in [-0.05, 0) is 26.7 Å². The molecule has 1 heterocycles. The first-order valence-electron chi connectivity index (χ1n) is 3.41. The molecule has 0 aliphatic carbocycles. The molecule has 0 bridgehead atoms. The minimum absolute atomic E-state index is 0.00231. The number of alkyl halides is 1. The average molecular weight is 149 g/mol. The van der Waals surface area contributed by atoms with Crippen LogP contribution in [0.5, 0.6) is 0 Å². The second-order valence-corrected chi connectivity index (χ2v) is 3.96. The number of hydrogen-bond acceptors (Lipinski definition) is 1. The lowest BCUT2D eigenvalue weighted by Crippen LogP contribution is -2.32. The van der Waals surface area contributed by atoms with Crippen molar-refractivity contribution >= 4 is 11.6 Å². The third-order valence-corrected chi connectivity index (χ3v) is 2.08. The van der Waals surface area contributed by atoms with Crippen LogP contribution in [0.4, 0.5) is 0 Å². The largest absolute Gasteiger partial charge is 0.378 e. The van der Waals surface area contributed by atoms with E-state index in [2.05, 4.69) is 13.8 Å². The van der Waals surface area contributed by atoms with Crippen LogP contribution in [0.3, 0.4) is 0 Å². The maximum Gasteiger partial charge on any atom is 0.0563 e. The number of rotatable bonds is 0. The van der Waals surface area contributed by atoms with Gasteiger partial charge in [0.05, 0.1) is 6.10 Å². The molecule has 9 heavy (non-hydrogen) atoms. The maximum atomic E-state index is 6.09. The lowest BCUT2D eigenvalue weighted by Gasteiger charge is -2.31. The van der Waals surface area contributed by atoms with Crippen molar-refractivity contribution in [2.45, 2.75) is 37.7 Å². The van der Waals surface area contributed by atoms with Gasteiger partial charge in [0.2, 0.25) is 0 Å². The Bertz CT molecular complexity index is 101. The average Bonchev–Trinajstić information content (AvgIpc) is 1.60. The zero-order chi connectivity index (χ0) is 6.91. The van der Waals surface area contributed by atoms with Gasteiger partial charge in [-0.3, -0.25) is 0 Å². The lowest BCUT2D eigenvalue weighted by molar-refractivity contribution is 0.0140. The highest BCUT2D eigenvalue weighted by Crippen LogP contribution is 2.30. The Morgan fingerprint density at radius 2 is 2.33 bits per heavy atom. The Hall–Kier alpha value is 0.250. The molecule has 0 amide bonds. The van der Waals surface area contributed by atoms with Crippen molar-refractivity contribution in [3.8, 4) is 0 Å². The van der Waals surface area contributed by atoms with Crippen LogP contribution in [0.15, 0.2) is 0 Å². The third-order valence-electron chi connectivity index (χ3n) is 1.74. The Morgan fingerprint density at radius 3 is 2.67 bits per heavy atom. The molecule has 2 atom stereocenters. The third kappa shape index (κ3) is 2.15. The van der Waals surface area contributed by atoms with Crippen molar-refractivity contribution < 1.29 is 4.74 Å². The van der Waals surface area contributed by atoms with E-state index in [1.165, 1.54) is 0 Å². The van der Waals surface area contributed by atoms with Crippen molar-refractivity contribution in [1.82, 2.24) is 0 Å². The zero-order valence-electron chi connectivity index (χ0n) is 5.98. The molecule has 54 valence electrons. The zero-order valence-corrected chi connectivity index (χ0v) is 6.74. The summed E-state index contributed by atoms with van der Waals surface area (Å²) in [5.74, 6) is 0. The summed E-state index contributed by atoms with van der Waals surface area (Å²) in [6.45, 7) is 4.97. The first-order valence-corrected chi connectivity index (χ1v) is 3.78. The van der Waals surface area contributed by atoms with Gasteiger partial charge >= 0.3 is 0 Å². The molecule has 0 N–H and O–H groups in total. The van der Waals surface area contributed by atoms with E-state index < -0.39 is 0 Å². The van der Waals surface area contributed by atoms with Crippen LogP contribution in [0.25, 0.3) is 0 Å². The Labute approximate surface area is 61.3 Å². The number of hydrogen-bond donors (Lipinski definition) is 0. The van der Waals surface area contributed by atoms with Crippen LogP contribution in [0, 0.1) is 0 Å². The Kier molecular flexibility index (Phi) is 2.02. The van der Waals surface area contributed by atoms with Gasteiger partial charge in [0.1, 0.15) is 0 Å². The van der Waals surface area contributed by atoms with E-state index in [9.17, 15) is 0 Å². The smallest absolute Gasteiger partial charge is 0.0563 e. The van der Waals surface area contributed by atoms with Gasteiger partial charge in [-0.1, -0.05) is 0 Å². The molecule has 0 aromatic heterocycles. The van der Waals surface area contributed by atoms with Crippen molar-refractivity contribution in [1.29, 1.82) is 0 Å². The standard InChI is InChI=1S/C7H13ClO/c1-6-5-7(2,8)3-4-9-6/h6H,3-5H2,1-2H3. The second kappa shape index (κ2) is 2.47. The topological polar surface area (TPSA) is 9.23 Å². The summed E-state index contributed by atoms with van der Waals surface area (Å²) in [5, 5.41) is 0. The molecular formula is C7H13ClO. The van der Waals surface area contributed by atoms with Gasteiger partial charge in [-0.2, -0.15) is 0 Å². The number of halogens is 1. The van der Waals surface area contributed by atoms with E-state index in [4.69, 9.17) is 16.3 Å². The summed E-state index contributed by atoms with van der Waals surface area (Å²) in [7, 11) is 0. The van der Waals surface area contributed by atoms with Gasteiger partial charge in [0.15, 0.2) is 0 Å². The monoisotopic (exact) mass is 148 g/mol. The van der Waals surface area contributed by atoms with Gasteiger partial charge < -0.3 is 4.74 Å². The maximum absolute atomic E-state index is 6.09.